The maximum absolute atomic E-state index is 13.5. The zero-order valence-corrected chi connectivity index (χ0v) is 20.0. The minimum absolute atomic E-state index is 0.0234. The highest BCUT2D eigenvalue weighted by molar-refractivity contribution is 6.02. The second kappa shape index (κ2) is 9.53. The second-order valence-corrected chi connectivity index (χ2v) is 8.91. The summed E-state index contributed by atoms with van der Waals surface area (Å²) in [5.41, 5.74) is 0.519. The summed E-state index contributed by atoms with van der Waals surface area (Å²) in [6, 6.07) is 6.81. The molecule has 3 N–H and O–H groups in total. The number of carbonyl (C=O) groups excluding carboxylic acids is 2. The van der Waals surface area contributed by atoms with Gasteiger partial charge < -0.3 is 20.7 Å². The molecule has 188 valence electrons. The zero-order chi connectivity index (χ0) is 27.8. The molecule has 1 aromatic carbocycles. The van der Waals surface area contributed by atoms with Crippen LogP contribution in [0.5, 0.6) is 5.75 Å². The molecule has 1 spiro atoms. The van der Waals surface area contributed by atoms with E-state index in [2.05, 4.69) is 30.9 Å². The molecule has 0 aliphatic carbocycles. The average Bonchev–Trinajstić information content (AvgIpc) is 3.46. The monoisotopic (exact) mass is 494 g/mol. The van der Waals surface area contributed by atoms with E-state index in [9.17, 15) is 9.59 Å². The molecule has 4 heterocycles. The van der Waals surface area contributed by atoms with Crippen LogP contribution >= 0.6 is 0 Å². The predicted octanol–water partition coefficient (Wildman–Crippen LogP) is 1.49. The normalized spacial score (nSPS) is 18.4. The molecule has 2 aromatic heterocycles. The molecule has 2 aliphatic rings. The van der Waals surface area contributed by atoms with Crippen molar-refractivity contribution in [3.8, 4) is 17.1 Å². The molecule has 2 aliphatic heterocycles. The molecule has 0 unspecified atom stereocenters. The molecule has 5 rings (SSSR count). The summed E-state index contributed by atoms with van der Waals surface area (Å²) in [6.45, 7) is -0.720. The lowest BCUT2D eigenvalue weighted by Crippen LogP contribution is -2.43. The maximum Gasteiger partial charge on any atom is 0.273 e. The Morgan fingerprint density at radius 3 is 2.78 bits per heavy atom. The van der Waals surface area contributed by atoms with Gasteiger partial charge in [-0.25, -0.2) is 4.98 Å². The van der Waals surface area contributed by atoms with Crippen LogP contribution in [0.2, 0.25) is 0 Å². The minimum atomic E-state index is -2.73. The van der Waals surface area contributed by atoms with Crippen LogP contribution in [0, 0.1) is 5.41 Å². The van der Waals surface area contributed by atoms with Crippen molar-refractivity contribution in [1.82, 2.24) is 35.6 Å². The number of anilines is 3. The summed E-state index contributed by atoms with van der Waals surface area (Å²) in [6.07, 6.45) is 3.75. The second-order valence-electron chi connectivity index (χ2n) is 8.91. The number of carbonyl (C=O) groups is 2. The molecular formula is C24H29N9O3. The van der Waals surface area contributed by atoms with Crippen molar-refractivity contribution in [2.24, 2.45) is 12.5 Å². The molecule has 3 aromatic rings. The fraction of sp³-hybridized carbons (Fsp3) is 0.417. The molecule has 2 amide bonds. The molecule has 0 radical (unpaired) electrons. The van der Waals surface area contributed by atoms with E-state index in [1.807, 2.05) is 5.32 Å². The van der Waals surface area contributed by atoms with Gasteiger partial charge in [0.15, 0.2) is 23.1 Å². The Hall–Kier alpha value is -4.06. The number of aryl methyl sites for hydroxylation is 1. The van der Waals surface area contributed by atoms with Gasteiger partial charge in [0, 0.05) is 30.7 Å². The third-order valence-corrected chi connectivity index (χ3v) is 6.79. The quantitative estimate of drug-likeness (QED) is 0.465. The van der Waals surface area contributed by atoms with Crippen LogP contribution in [-0.4, -0.2) is 70.5 Å². The number of rotatable bonds is 6. The van der Waals surface area contributed by atoms with Crippen LogP contribution in [0.3, 0.4) is 0 Å². The van der Waals surface area contributed by atoms with Gasteiger partial charge in [0.25, 0.3) is 5.91 Å². The topological polar surface area (TPSA) is 139 Å². The minimum Gasteiger partial charge on any atom is -0.494 e. The van der Waals surface area contributed by atoms with Gasteiger partial charge in [0.1, 0.15) is 6.33 Å². The Bertz CT molecular complexity index is 1400. The number of nitrogens with zero attached hydrogens (tertiary/aromatic N) is 6. The van der Waals surface area contributed by atoms with Crippen molar-refractivity contribution in [2.45, 2.75) is 19.3 Å². The van der Waals surface area contributed by atoms with Crippen molar-refractivity contribution in [2.75, 3.05) is 43.9 Å². The van der Waals surface area contributed by atoms with Crippen molar-refractivity contribution >= 4 is 29.0 Å². The summed E-state index contributed by atoms with van der Waals surface area (Å²) < 4.78 is 29.6. The number of hydrogen-bond donors (Lipinski definition) is 3. The van der Waals surface area contributed by atoms with E-state index in [1.165, 1.54) is 13.2 Å². The highest BCUT2D eigenvalue weighted by Crippen LogP contribution is 2.42. The summed E-state index contributed by atoms with van der Waals surface area (Å²) in [7, 11) is 3.24. The first-order valence-electron chi connectivity index (χ1n) is 13.1. The molecule has 0 bridgehead atoms. The third-order valence-electron chi connectivity index (χ3n) is 6.79. The molecule has 0 saturated carbocycles. The Balaban J connectivity index is 1.54. The fourth-order valence-electron chi connectivity index (χ4n) is 4.88. The SMILES string of the molecule is [2H]C([2H])([2H])NC(=O)c1nnc(N2CCC3(CCNCC3)C2=O)cc1Nc1cccc(-c2ncn(C)n2)c1OC. The maximum atomic E-state index is 13.5. The van der Waals surface area contributed by atoms with Crippen molar-refractivity contribution in [1.29, 1.82) is 0 Å². The van der Waals surface area contributed by atoms with Crippen LogP contribution < -0.4 is 25.6 Å². The van der Waals surface area contributed by atoms with E-state index in [-0.39, 0.29) is 23.1 Å². The van der Waals surface area contributed by atoms with Gasteiger partial charge in [-0.1, -0.05) is 6.07 Å². The third kappa shape index (κ3) is 4.13. The highest BCUT2D eigenvalue weighted by atomic mass is 16.5. The number of piperidine rings is 1. The van der Waals surface area contributed by atoms with Gasteiger partial charge in [0.2, 0.25) is 5.91 Å². The molecule has 12 nitrogen and oxygen atoms in total. The number of methoxy groups -OCH3 is 1. The van der Waals surface area contributed by atoms with Crippen molar-refractivity contribution in [3.05, 3.63) is 36.3 Å². The first-order valence-corrected chi connectivity index (χ1v) is 11.6. The Labute approximate surface area is 212 Å². The van der Waals surface area contributed by atoms with E-state index in [0.29, 0.717) is 35.8 Å². The Morgan fingerprint density at radius 1 is 1.22 bits per heavy atom. The molecule has 0 atom stereocenters. The summed E-state index contributed by atoms with van der Waals surface area (Å²) >= 11 is 0. The van der Waals surface area contributed by atoms with Gasteiger partial charge in [0.05, 0.1) is 29.5 Å². The molecule has 2 fully saturated rings. The number of ether oxygens (including phenoxy) is 1. The summed E-state index contributed by atoms with van der Waals surface area (Å²) in [5, 5.41) is 20.9. The lowest BCUT2D eigenvalue weighted by atomic mass is 9.78. The predicted molar refractivity (Wildman–Crippen MR) is 133 cm³/mol. The van der Waals surface area contributed by atoms with E-state index >= 15 is 0 Å². The molecular weight excluding hydrogens is 462 g/mol. The van der Waals surface area contributed by atoms with E-state index in [1.54, 1.807) is 41.2 Å². The number of para-hydroxylation sites is 1. The number of nitrogens with one attached hydrogen (secondary N) is 3. The number of hydrogen-bond acceptors (Lipinski definition) is 9. The number of amides is 2. The van der Waals surface area contributed by atoms with E-state index < -0.39 is 18.3 Å². The number of aromatic nitrogens is 5. The Kier molecular flexibility index (Phi) is 5.34. The van der Waals surface area contributed by atoms with E-state index in [0.717, 1.165) is 25.9 Å². The van der Waals surface area contributed by atoms with Gasteiger partial charge in [-0.15, -0.1) is 10.2 Å². The zero-order valence-electron chi connectivity index (χ0n) is 23.0. The lowest BCUT2D eigenvalue weighted by molar-refractivity contribution is -0.126. The summed E-state index contributed by atoms with van der Waals surface area (Å²) in [4.78, 5) is 32.3. The van der Waals surface area contributed by atoms with Crippen LogP contribution in [0.15, 0.2) is 30.6 Å². The molecule has 36 heavy (non-hydrogen) atoms. The smallest absolute Gasteiger partial charge is 0.273 e. The van der Waals surface area contributed by atoms with Crippen LogP contribution in [0.1, 0.15) is 33.9 Å². The van der Waals surface area contributed by atoms with Crippen LogP contribution in [0.4, 0.5) is 17.2 Å². The standard InChI is InChI=1S/C24H29N9O3/c1-25-22(34)19-17(28-16-6-4-5-15(20(16)36-3)21-27-14-32(2)31-21)13-18(29-30-19)33-12-9-24(23(33)35)7-10-26-11-8-24/h4-6,13-14,26H,7-12H2,1-3H3,(H,25,34)(H,28,29)/i1D3. The highest BCUT2D eigenvalue weighted by Gasteiger charge is 2.47. The van der Waals surface area contributed by atoms with Gasteiger partial charge in [-0.05, 0) is 44.5 Å². The largest absolute Gasteiger partial charge is 0.494 e. The molecule has 12 heteroatoms. The average molecular weight is 495 g/mol. The van der Waals surface area contributed by atoms with Gasteiger partial charge in [-0.2, -0.15) is 5.10 Å². The fourth-order valence-corrected chi connectivity index (χ4v) is 4.88. The van der Waals surface area contributed by atoms with Gasteiger partial charge >= 0.3 is 0 Å². The summed E-state index contributed by atoms with van der Waals surface area (Å²) in [5.74, 6) is 0.132. The first-order chi connectivity index (χ1) is 18.6. The van der Waals surface area contributed by atoms with Crippen molar-refractivity contribution < 1.29 is 18.4 Å². The van der Waals surface area contributed by atoms with Gasteiger partial charge in [-0.3, -0.25) is 19.2 Å². The molecule has 2 saturated heterocycles. The van der Waals surface area contributed by atoms with Crippen LogP contribution in [0.25, 0.3) is 11.4 Å². The lowest BCUT2D eigenvalue weighted by Gasteiger charge is -2.31. The van der Waals surface area contributed by atoms with E-state index in [4.69, 9.17) is 8.85 Å². The van der Waals surface area contributed by atoms with Crippen molar-refractivity contribution in [3.63, 3.8) is 0 Å². The first kappa shape index (κ1) is 20.2. The van der Waals surface area contributed by atoms with Crippen LogP contribution in [-0.2, 0) is 11.8 Å². The Morgan fingerprint density at radius 2 is 2.06 bits per heavy atom. The number of benzene rings is 1.